The van der Waals surface area contributed by atoms with Crippen LogP contribution in [0, 0.1) is 6.92 Å². The first-order chi connectivity index (χ1) is 11.5. The zero-order valence-electron chi connectivity index (χ0n) is 12.7. The van der Waals surface area contributed by atoms with E-state index in [0.717, 1.165) is 16.6 Å². The van der Waals surface area contributed by atoms with Crippen molar-refractivity contribution in [3.8, 4) is 0 Å². The van der Waals surface area contributed by atoms with Crippen LogP contribution in [0.1, 0.15) is 26.4 Å². The highest BCUT2D eigenvalue weighted by Crippen LogP contribution is 2.23. The van der Waals surface area contributed by atoms with Crippen molar-refractivity contribution in [1.82, 2.24) is 4.98 Å². The fourth-order valence-corrected chi connectivity index (χ4v) is 3.12. The molecule has 0 aliphatic carbocycles. The Morgan fingerprint density at radius 1 is 1.08 bits per heavy atom. The number of ketones is 1. The molecule has 3 aromatic rings. The molecule has 0 saturated carbocycles. The second-order valence-corrected chi connectivity index (χ2v) is 6.20. The second kappa shape index (κ2) is 6.67. The molecule has 2 aromatic carbocycles. The number of rotatable bonds is 4. The van der Waals surface area contributed by atoms with Crippen LogP contribution in [0.25, 0.3) is 10.9 Å². The lowest BCUT2D eigenvalue weighted by atomic mass is 10.1. The maximum atomic E-state index is 12.5. The average Bonchev–Trinajstić information content (AvgIpc) is 2.87. The molecule has 0 aliphatic rings. The van der Waals surface area contributed by atoms with Crippen molar-refractivity contribution in [2.24, 2.45) is 0 Å². The summed E-state index contributed by atoms with van der Waals surface area (Å²) >= 11 is 11.7. The van der Waals surface area contributed by atoms with Gasteiger partial charge in [0.25, 0.3) is 0 Å². The topological polar surface area (TPSA) is 59.2 Å². The zero-order valence-corrected chi connectivity index (χ0v) is 14.2. The van der Waals surface area contributed by atoms with Crippen LogP contribution in [-0.4, -0.2) is 23.3 Å². The summed E-state index contributed by atoms with van der Waals surface area (Å²) in [6.07, 6.45) is 0. The van der Waals surface area contributed by atoms with Gasteiger partial charge in [0.05, 0.1) is 5.56 Å². The highest BCUT2D eigenvalue weighted by molar-refractivity contribution is 6.35. The lowest BCUT2D eigenvalue weighted by Crippen LogP contribution is -2.15. The van der Waals surface area contributed by atoms with Gasteiger partial charge in [0, 0.05) is 32.2 Å². The Morgan fingerprint density at radius 2 is 1.75 bits per heavy atom. The number of aryl methyl sites for hydroxylation is 1. The lowest BCUT2D eigenvalue weighted by molar-refractivity contribution is 0.0475. The van der Waals surface area contributed by atoms with E-state index in [1.54, 1.807) is 0 Å². The fraction of sp³-hybridized carbons (Fsp3) is 0.111. The summed E-state index contributed by atoms with van der Waals surface area (Å²) < 4.78 is 5.11. The summed E-state index contributed by atoms with van der Waals surface area (Å²) in [5.41, 5.74) is 2.34. The lowest BCUT2D eigenvalue weighted by Gasteiger charge is -2.06. The molecule has 0 atom stereocenters. The fourth-order valence-electron chi connectivity index (χ4n) is 2.59. The minimum absolute atomic E-state index is 0.205. The van der Waals surface area contributed by atoms with Gasteiger partial charge < -0.3 is 9.72 Å². The van der Waals surface area contributed by atoms with Crippen LogP contribution in [0.3, 0.4) is 0 Å². The Bertz CT molecular complexity index is 926. The van der Waals surface area contributed by atoms with E-state index in [1.165, 1.54) is 18.2 Å². The predicted octanol–water partition coefficient (Wildman–Crippen LogP) is 4.82. The molecule has 4 nitrogen and oxygen atoms in total. The van der Waals surface area contributed by atoms with Gasteiger partial charge in [-0.25, -0.2) is 4.79 Å². The van der Waals surface area contributed by atoms with Crippen LogP contribution in [0.5, 0.6) is 0 Å². The van der Waals surface area contributed by atoms with Crippen molar-refractivity contribution >= 4 is 45.9 Å². The van der Waals surface area contributed by atoms with Gasteiger partial charge in [0.15, 0.2) is 6.61 Å². The number of carbonyl (C=O) groups excluding carboxylic acids is 2. The molecule has 0 amide bonds. The van der Waals surface area contributed by atoms with Crippen molar-refractivity contribution in [3.05, 3.63) is 69.3 Å². The van der Waals surface area contributed by atoms with Crippen molar-refractivity contribution in [2.75, 3.05) is 6.61 Å². The molecule has 1 aromatic heterocycles. The van der Waals surface area contributed by atoms with Crippen molar-refractivity contribution < 1.29 is 14.3 Å². The molecule has 1 heterocycles. The smallest absolute Gasteiger partial charge is 0.338 e. The van der Waals surface area contributed by atoms with Gasteiger partial charge in [-0.15, -0.1) is 0 Å². The average molecular weight is 362 g/mol. The number of aromatic nitrogens is 1. The molecule has 0 aliphatic heterocycles. The van der Waals surface area contributed by atoms with Crippen molar-refractivity contribution in [1.29, 1.82) is 0 Å². The first-order valence-corrected chi connectivity index (χ1v) is 7.95. The number of ether oxygens (including phenoxy) is 1. The maximum Gasteiger partial charge on any atom is 0.338 e. The van der Waals surface area contributed by atoms with Crippen LogP contribution in [0.15, 0.2) is 42.5 Å². The summed E-state index contributed by atoms with van der Waals surface area (Å²) in [5, 5.41) is 1.46. The Kier molecular flexibility index (Phi) is 4.60. The first kappa shape index (κ1) is 16.6. The molecule has 3 rings (SSSR count). The molecule has 0 spiro atoms. The van der Waals surface area contributed by atoms with Crippen LogP contribution in [-0.2, 0) is 4.74 Å². The summed E-state index contributed by atoms with van der Waals surface area (Å²) in [6.45, 7) is 1.46. The van der Waals surface area contributed by atoms with Crippen molar-refractivity contribution in [2.45, 2.75) is 6.92 Å². The number of halogens is 2. The van der Waals surface area contributed by atoms with E-state index < -0.39 is 5.97 Å². The standard InChI is InChI=1S/C18H13Cl2NO3/c1-10-17(14-4-2-3-5-15(14)21-10)16(22)9-24-18(23)11-6-12(19)8-13(20)7-11/h2-8,21H,9H2,1H3. The predicted molar refractivity (Wildman–Crippen MR) is 94.1 cm³/mol. The Hall–Kier alpha value is -2.30. The molecular formula is C18H13Cl2NO3. The molecule has 0 unspecified atom stereocenters. The highest BCUT2D eigenvalue weighted by Gasteiger charge is 2.18. The quantitative estimate of drug-likeness (QED) is 0.535. The SMILES string of the molecule is Cc1[nH]c2ccccc2c1C(=O)COC(=O)c1cc(Cl)cc(Cl)c1. The van der Waals surface area contributed by atoms with E-state index in [0.29, 0.717) is 15.6 Å². The zero-order chi connectivity index (χ0) is 17.3. The van der Waals surface area contributed by atoms with Crippen molar-refractivity contribution in [3.63, 3.8) is 0 Å². The largest absolute Gasteiger partial charge is 0.454 e. The van der Waals surface area contributed by atoms with Gasteiger partial charge in [0.2, 0.25) is 5.78 Å². The molecule has 0 bridgehead atoms. The molecule has 122 valence electrons. The third-order valence-corrected chi connectivity index (χ3v) is 4.04. The number of Topliss-reactive ketones (excluding diaryl/α,β-unsaturated/α-hetero) is 1. The third kappa shape index (κ3) is 3.30. The number of H-pyrrole nitrogens is 1. The molecule has 6 heteroatoms. The summed E-state index contributed by atoms with van der Waals surface area (Å²) in [7, 11) is 0. The summed E-state index contributed by atoms with van der Waals surface area (Å²) in [4.78, 5) is 27.7. The van der Waals surface area contributed by atoms with Gasteiger partial charge in [-0.1, -0.05) is 41.4 Å². The minimum atomic E-state index is -0.648. The van der Waals surface area contributed by atoms with E-state index in [1.807, 2.05) is 31.2 Å². The number of benzene rings is 2. The first-order valence-electron chi connectivity index (χ1n) is 7.19. The monoisotopic (exact) mass is 361 g/mol. The summed E-state index contributed by atoms with van der Waals surface area (Å²) in [6, 6.07) is 11.9. The van der Waals surface area contributed by atoms with E-state index >= 15 is 0 Å². The molecule has 0 saturated heterocycles. The minimum Gasteiger partial charge on any atom is -0.454 e. The maximum absolute atomic E-state index is 12.5. The Labute approximate surface area is 148 Å². The number of para-hydroxylation sites is 1. The normalized spacial score (nSPS) is 10.8. The van der Waals surface area contributed by atoms with Gasteiger partial charge in [-0.2, -0.15) is 0 Å². The van der Waals surface area contributed by atoms with Gasteiger partial charge in [0.1, 0.15) is 0 Å². The third-order valence-electron chi connectivity index (χ3n) is 3.61. The van der Waals surface area contributed by atoms with E-state index in [9.17, 15) is 9.59 Å². The number of esters is 1. The van der Waals surface area contributed by atoms with Gasteiger partial charge in [-0.3, -0.25) is 4.79 Å². The molecule has 0 fully saturated rings. The number of nitrogens with one attached hydrogen (secondary N) is 1. The Morgan fingerprint density at radius 3 is 2.46 bits per heavy atom. The highest BCUT2D eigenvalue weighted by atomic mass is 35.5. The Balaban J connectivity index is 1.77. The van der Waals surface area contributed by atoms with Gasteiger partial charge in [-0.05, 0) is 31.2 Å². The van der Waals surface area contributed by atoms with Crippen LogP contribution in [0.4, 0.5) is 0 Å². The molecule has 24 heavy (non-hydrogen) atoms. The second-order valence-electron chi connectivity index (χ2n) is 5.33. The molecule has 1 N–H and O–H groups in total. The molecular weight excluding hydrogens is 349 g/mol. The van der Waals surface area contributed by atoms with E-state index in [2.05, 4.69) is 4.98 Å². The van der Waals surface area contributed by atoms with Crippen LogP contribution >= 0.6 is 23.2 Å². The van der Waals surface area contributed by atoms with Crippen LogP contribution in [0.2, 0.25) is 10.0 Å². The summed E-state index contributed by atoms with van der Waals surface area (Å²) in [5.74, 6) is -0.920. The number of hydrogen-bond acceptors (Lipinski definition) is 3. The van der Waals surface area contributed by atoms with E-state index in [4.69, 9.17) is 27.9 Å². The van der Waals surface area contributed by atoms with Gasteiger partial charge >= 0.3 is 5.97 Å². The number of fused-ring (bicyclic) bond motifs is 1. The number of carbonyl (C=O) groups is 2. The number of hydrogen-bond donors (Lipinski definition) is 1. The number of aromatic amines is 1. The van der Waals surface area contributed by atoms with Crippen LogP contribution < -0.4 is 0 Å². The molecule has 0 radical (unpaired) electrons. The van der Waals surface area contributed by atoms with E-state index in [-0.39, 0.29) is 18.0 Å².